The summed E-state index contributed by atoms with van der Waals surface area (Å²) in [6.07, 6.45) is 0.233. The van der Waals surface area contributed by atoms with Crippen molar-refractivity contribution < 1.29 is 18.0 Å². The van der Waals surface area contributed by atoms with Gasteiger partial charge in [-0.25, -0.2) is 8.42 Å². The molecule has 0 aliphatic carbocycles. The van der Waals surface area contributed by atoms with Gasteiger partial charge in [-0.3, -0.25) is 13.9 Å². The van der Waals surface area contributed by atoms with Crippen LogP contribution in [-0.2, 0) is 32.6 Å². The Hall–Kier alpha value is -4.14. The second-order valence-corrected chi connectivity index (χ2v) is 14.6. The third-order valence-electron chi connectivity index (χ3n) is 7.14. The standard InChI is InChI=1S/C36H40ClN3O4S/c1-26-20-27(2)22-31(21-26)40(45(43,44)32-14-10-7-11-15-32)25-34(41)39(24-29-16-18-30(37)19-17-29)33(35(42)38-36(3,4)5)23-28-12-8-6-9-13-28/h6-22,33H,23-25H2,1-5H3,(H,38,42)/t33-/m0/s1. The van der Waals surface area contributed by atoms with Crippen molar-refractivity contribution in [1.82, 2.24) is 10.2 Å². The third-order valence-corrected chi connectivity index (χ3v) is 9.18. The van der Waals surface area contributed by atoms with Gasteiger partial charge < -0.3 is 10.2 Å². The van der Waals surface area contributed by atoms with Gasteiger partial charge >= 0.3 is 0 Å². The lowest BCUT2D eigenvalue weighted by molar-refractivity contribution is -0.140. The molecule has 0 unspecified atom stereocenters. The van der Waals surface area contributed by atoms with Gasteiger partial charge in [-0.15, -0.1) is 0 Å². The summed E-state index contributed by atoms with van der Waals surface area (Å²) in [5.41, 5.74) is 3.13. The predicted molar refractivity (Wildman–Crippen MR) is 181 cm³/mol. The summed E-state index contributed by atoms with van der Waals surface area (Å²) in [5, 5.41) is 3.58. The molecule has 9 heteroatoms. The number of anilines is 1. The summed E-state index contributed by atoms with van der Waals surface area (Å²) < 4.78 is 29.4. The molecule has 2 amide bonds. The summed E-state index contributed by atoms with van der Waals surface area (Å²) in [7, 11) is -4.16. The number of hydrogen-bond donors (Lipinski definition) is 1. The van der Waals surface area contributed by atoms with E-state index in [0.717, 1.165) is 26.6 Å². The fourth-order valence-corrected chi connectivity index (χ4v) is 6.68. The molecule has 4 rings (SSSR count). The number of hydrogen-bond acceptors (Lipinski definition) is 4. The molecule has 0 saturated heterocycles. The summed E-state index contributed by atoms with van der Waals surface area (Å²) in [5.74, 6) is -0.855. The Kier molecular flexibility index (Phi) is 10.7. The van der Waals surface area contributed by atoms with E-state index in [9.17, 15) is 18.0 Å². The first-order valence-corrected chi connectivity index (χ1v) is 16.6. The van der Waals surface area contributed by atoms with Crippen LogP contribution >= 0.6 is 11.6 Å². The second kappa shape index (κ2) is 14.3. The third kappa shape index (κ3) is 9.19. The number of carbonyl (C=O) groups excluding carboxylic acids is 2. The van der Waals surface area contributed by atoms with Crippen LogP contribution in [-0.4, -0.2) is 43.3 Å². The summed E-state index contributed by atoms with van der Waals surface area (Å²) in [6.45, 7) is 8.95. The maximum absolute atomic E-state index is 14.6. The molecular weight excluding hydrogens is 606 g/mol. The molecule has 236 valence electrons. The Morgan fingerprint density at radius 2 is 1.36 bits per heavy atom. The molecule has 0 bridgehead atoms. The fourth-order valence-electron chi connectivity index (χ4n) is 5.14. The first-order chi connectivity index (χ1) is 21.2. The van der Waals surface area contributed by atoms with Crippen molar-refractivity contribution in [1.29, 1.82) is 0 Å². The van der Waals surface area contributed by atoms with E-state index in [-0.39, 0.29) is 23.8 Å². The van der Waals surface area contributed by atoms with Crippen LogP contribution in [0.15, 0.2) is 108 Å². The number of aryl methyl sites for hydroxylation is 2. The van der Waals surface area contributed by atoms with Crippen LogP contribution in [0.2, 0.25) is 5.02 Å². The van der Waals surface area contributed by atoms with Crippen LogP contribution in [0.4, 0.5) is 5.69 Å². The monoisotopic (exact) mass is 645 g/mol. The van der Waals surface area contributed by atoms with E-state index in [0.29, 0.717) is 10.7 Å². The van der Waals surface area contributed by atoms with Gasteiger partial charge in [0.05, 0.1) is 10.6 Å². The normalized spacial score (nSPS) is 12.3. The van der Waals surface area contributed by atoms with Gasteiger partial charge in [-0.2, -0.15) is 0 Å². The molecule has 0 saturated carbocycles. The SMILES string of the molecule is Cc1cc(C)cc(N(CC(=O)N(Cc2ccc(Cl)cc2)[C@@H](Cc2ccccc2)C(=O)NC(C)(C)C)S(=O)(=O)c2ccccc2)c1. The lowest BCUT2D eigenvalue weighted by Crippen LogP contribution is -2.56. The highest BCUT2D eigenvalue weighted by Crippen LogP contribution is 2.27. The van der Waals surface area contributed by atoms with Crippen molar-refractivity contribution in [3.05, 3.63) is 130 Å². The van der Waals surface area contributed by atoms with Gasteiger partial charge in [0.1, 0.15) is 12.6 Å². The zero-order valence-corrected chi connectivity index (χ0v) is 27.9. The van der Waals surface area contributed by atoms with Crippen LogP contribution in [0, 0.1) is 13.8 Å². The Morgan fingerprint density at radius 3 is 1.91 bits per heavy atom. The highest BCUT2D eigenvalue weighted by Gasteiger charge is 2.35. The molecule has 1 N–H and O–H groups in total. The van der Waals surface area contributed by atoms with E-state index in [1.165, 1.54) is 17.0 Å². The summed E-state index contributed by atoms with van der Waals surface area (Å²) in [4.78, 5) is 30.1. The summed E-state index contributed by atoms with van der Waals surface area (Å²) >= 11 is 6.16. The van der Waals surface area contributed by atoms with Gasteiger partial charge in [0.15, 0.2) is 0 Å². The molecule has 1 atom stereocenters. The van der Waals surface area contributed by atoms with Crippen LogP contribution in [0.1, 0.15) is 43.0 Å². The minimum atomic E-state index is -4.16. The minimum absolute atomic E-state index is 0.0625. The Morgan fingerprint density at radius 1 is 0.800 bits per heavy atom. The highest BCUT2D eigenvalue weighted by molar-refractivity contribution is 7.92. The van der Waals surface area contributed by atoms with Crippen molar-refractivity contribution in [3.63, 3.8) is 0 Å². The van der Waals surface area contributed by atoms with Crippen molar-refractivity contribution >= 4 is 39.1 Å². The Labute approximate surface area is 271 Å². The first kappa shape index (κ1) is 33.7. The largest absolute Gasteiger partial charge is 0.350 e. The van der Waals surface area contributed by atoms with E-state index >= 15 is 0 Å². The molecule has 0 aliphatic rings. The molecule has 0 spiro atoms. The number of nitrogens with zero attached hydrogens (tertiary/aromatic N) is 2. The zero-order valence-electron chi connectivity index (χ0n) is 26.3. The quantitative estimate of drug-likeness (QED) is 0.197. The van der Waals surface area contributed by atoms with Gasteiger partial charge in [-0.05, 0) is 93.3 Å². The Bertz CT molecular complexity index is 1700. The number of carbonyl (C=O) groups is 2. The minimum Gasteiger partial charge on any atom is -0.350 e. The molecule has 7 nitrogen and oxygen atoms in total. The number of sulfonamides is 1. The number of benzene rings is 4. The van der Waals surface area contributed by atoms with Gasteiger partial charge in [0.2, 0.25) is 11.8 Å². The van der Waals surface area contributed by atoms with E-state index in [1.807, 2.05) is 71.0 Å². The first-order valence-electron chi connectivity index (χ1n) is 14.8. The van der Waals surface area contributed by atoms with Crippen LogP contribution in [0.3, 0.4) is 0 Å². The maximum Gasteiger partial charge on any atom is 0.264 e. The lowest BCUT2D eigenvalue weighted by atomic mass is 10.0. The molecule has 0 aromatic heterocycles. The molecule has 0 fully saturated rings. The molecule has 4 aromatic carbocycles. The number of amides is 2. The van der Waals surface area contributed by atoms with Crippen LogP contribution < -0.4 is 9.62 Å². The average molecular weight is 646 g/mol. The van der Waals surface area contributed by atoms with Crippen LogP contribution in [0.5, 0.6) is 0 Å². The molecular formula is C36H40ClN3O4S. The van der Waals surface area contributed by atoms with Crippen molar-refractivity contribution in [2.24, 2.45) is 0 Å². The Balaban J connectivity index is 1.83. The van der Waals surface area contributed by atoms with Gasteiger partial charge in [-0.1, -0.05) is 78.3 Å². The van der Waals surface area contributed by atoms with E-state index < -0.39 is 34.1 Å². The van der Waals surface area contributed by atoms with Crippen molar-refractivity contribution in [2.75, 3.05) is 10.8 Å². The van der Waals surface area contributed by atoms with E-state index in [2.05, 4.69) is 5.32 Å². The van der Waals surface area contributed by atoms with E-state index in [1.54, 1.807) is 54.6 Å². The van der Waals surface area contributed by atoms with Crippen molar-refractivity contribution in [3.8, 4) is 0 Å². The molecule has 0 radical (unpaired) electrons. The van der Waals surface area contributed by atoms with Gasteiger partial charge in [0, 0.05) is 23.5 Å². The zero-order chi connectivity index (χ0) is 32.8. The number of nitrogens with one attached hydrogen (secondary N) is 1. The highest BCUT2D eigenvalue weighted by atomic mass is 35.5. The average Bonchev–Trinajstić information content (AvgIpc) is 2.98. The van der Waals surface area contributed by atoms with Crippen molar-refractivity contribution in [2.45, 2.75) is 64.1 Å². The molecule has 0 aliphatic heterocycles. The molecule has 4 aromatic rings. The predicted octanol–water partition coefficient (Wildman–Crippen LogP) is 6.71. The molecule has 45 heavy (non-hydrogen) atoms. The number of rotatable bonds is 11. The maximum atomic E-state index is 14.6. The lowest BCUT2D eigenvalue weighted by Gasteiger charge is -2.35. The van der Waals surface area contributed by atoms with Crippen LogP contribution in [0.25, 0.3) is 0 Å². The molecule has 0 heterocycles. The smallest absolute Gasteiger partial charge is 0.264 e. The van der Waals surface area contributed by atoms with Gasteiger partial charge in [0.25, 0.3) is 10.0 Å². The van der Waals surface area contributed by atoms with E-state index in [4.69, 9.17) is 11.6 Å². The topological polar surface area (TPSA) is 86.8 Å². The second-order valence-electron chi connectivity index (χ2n) is 12.3. The fraction of sp³-hybridized carbons (Fsp3) is 0.278. The summed E-state index contributed by atoms with van der Waals surface area (Å²) in [6, 6.07) is 29.1. The number of halogens is 1.